The predicted molar refractivity (Wildman–Crippen MR) is 125 cm³/mol. The third-order valence-electron chi connectivity index (χ3n) is 5.22. The Bertz CT molecular complexity index is 1030. The highest BCUT2D eigenvalue weighted by Gasteiger charge is 2.18. The molecule has 1 aromatic heterocycles. The molecule has 0 bridgehead atoms. The average molecular weight is 424 g/mol. The van der Waals surface area contributed by atoms with E-state index in [1.807, 2.05) is 24.3 Å². The van der Waals surface area contributed by atoms with Gasteiger partial charge in [-0.25, -0.2) is 0 Å². The highest BCUT2D eigenvalue weighted by molar-refractivity contribution is 6.07. The number of nitrogens with zero attached hydrogens (tertiary/aromatic N) is 2. The van der Waals surface area contributed by atoms with Gasteiger partial charge in [-0.1, -0.05) is 0 Å². The number of nitrogens with one attached hydrogen (secondary N) is 3. The van der Waals surface area contributed by atoms with Gasteiger partial charge in [-0.3, -0.25) is 9.59 Å². The monoisotopic (exact) mass is 423 g/mol. The van der Waals surface area contributed by atoms with Crippen LogP contribution < -0.4 is 32.6 Å². The largest absolute Gasteiger partial charge is 0.405 e. The first-order valence-corrected chi connectivity index (χ1v) is 10.1. The van der Waals surface area contributed by atoms with E-state index in [1.54, 1.807) is 19.1 Å². The molecule has 0 atom stereocenters. The fourth-order valence-corrected chi connectivity index (χ4v) is 3.30. The number of rotatable bonds is 6. The summed E-state index contributed by atoms with van der Waals surface area (Å²) in [5.74, 6) is -0.241. The first-order valence-electron chi connectivity index (χ1n) is 10.1. The van der Waals surface area contributed by atoms with Crippen LogP contribution >= 0.6 is 0 Å². The Balaban J connectivity index is 1.76. The van der Waals surface area contributed by atoms with E-state index in [-0.39, 0.29) is 11.4 Å². The molecule has 3 rings (SSSR count). The zero-order chi connectivity index (χ0) is 22.4. The molecule has 1 fully saturated rings. The normalized spacial score (nSPS) is 15.6. The lowest BCUT2D eigenvalue weighted by Crippen LogP contribution is -2.44. The number of likely N-dealkylation sites (N-methyl/N-ethyl adjacent to an activating group) is 1. The molecule has 1 aliphatic rings. The van der Waals surface area contributed by atoms with Gasteiger partial charge >= 0.3 is 0 Å². The predicted octanol–water partition coefficient (Wildman–Crippen LogP) is 1.45. The van der Waals surface area contributed by atoms with Crippen LogP contribution in [0.3, 0.4) is 0 Å². The lowest BCUT2D eigenvalue weighted by atomic mass is 10.2. The molecule has 31 heavy (non-hydrogen) atoms. The van der Waals surface area contributed by atoms with Crippen LogP contribution in [-0.4, -0.2) is 49.0 Å². The molecule has 2 aromatic rings. The Hall–Kier alpha value is -3.72. The van der Waals surface area contributed by atoms with E-state index in [1.165, 1.54) is 12.4 Å². The summed E-state index contributed by atoms with van der Waals surface area (Å²) < 4.78 is 0. The number of pyridine rings is 1. The van der Waals surface area contributed by atoms with Crippen LogP contribution in [0.15, 0.2) is 65.0 Å². The van der Waals surface area contributed by atoms with Crippen molar-refractivity contribution in [2.75, 3.05) is 48.8 Å². The van der Waals surface area contributed by atoms with Gasteiger partial charge in [0.25, 0.3) is 11.5 Å². The first kappa shape index (κ1) is 22.0. The number of hydrogen-bond acceptors (Lipinski definition) is 7. The topological polar surface area (TPSA) is 133 Å². The highest BCUT2D eigenvalue weighted by atomic mass is 16.2. The van der Waals surface area contributed by atoms with Crippen molar-refractivity contribution in [3.63, 3.8) is 0 Å². The van der Waals surface area contributed by atoms with Gasteiger partial charge in [-0.15, -0.1) is 0 Å². The van der Waals surface area contributed by atoms with E-state index < -0.39 is 11.5 Å². The van der Waals surface area contributed by atoms with Crippen LogP contribution in [0, 0.1) is 0 Å². The molecular weight excluding hydrogens is 394 g/mol. The number of nitrogens with two attached hydrogens (primary N) is 2. The van der Waals surface area contributed by atoms with Gasteiger partial charge in [0.1, 0.15) is 11.4 Å². The maximum absolute atomic E-state index is 12.9. The summed E-state index contributed by atoms with van der Waals surface area (Å²) >= 11 is 0. The number of aromatic nitrogens is 1. The summed E-state index contributed by atoms with van der Waals surface area (Å²) in [7, 11) is 2.12. The lowest BCUT2D eigenvalue weighted by molar-refractivity contribution is 0.102. The molecule has 1 saturated heterocycles. The van der Waals surface area contributed by atoms with Crippen molar-refractivity contribution < 1.29 is 4.79 Å². The van der Waals surface area contributed by atoms with Crippen molar-refractivity contribution in [1.29, 1.82) is 0 Å². The second-order valence-electron chi connectivity index (χ2n) is 7.47. The van der Waals surface area contributed by atoms with E-state index in [0.717, 1.165) is 31.9 Å². The van der Waals surface area contributed by atoms with Crippen molar-refractivity contribution in [3.05, 3.63) is 76.1 Å². The Morgan fingerprint density at radius 3 is 2.42 bits per heavy atom. The number of piperazine rings is 1. The molecule has 9 nitrogen and oxygen atoms in total. The van der Waals surface area contributed by atoms with Crippen LogP contribution in [0.4, 0.5) is 17.1 Å². The van der Waals surface area contributed by atoms with Gasteiger partial charge in [0, 0.05) is 43.8 Å². The number of allylic oxidation sites excluding steroid dienone is 2. The van der Waals surface area contributed by atoms with Gasteiger partial charge in [-0.05, 0) is 62.2 Å². The molecule has 0 aliphatic carbocycles. The van der Waals surface area contributed by atoms with Crippen molar-refractivity contribution in [2.24, 2.45) is 11.5 Å². The van der Waals surface area contributed by atoms with Gasteiger partial charge in [-0.2, -0.15) is 0 Å². The quantitative estimate of drug-likeness (QED) is 0.444. The molecule has 164 valence electrons. The van der Waals surface area contributed by atoms with E-state index in [0.29, 0.717) is 16.9 Å². The minimum Gasteiger partial charge on any atom is -0.405 e. The third kappa shape index (κ3) is 5.46. The maximum Gasteiger partial charge on any atom is 0.263 e. The summed E-state index contributed by atoms with van der Waals surface area (Å²) in [5, 5.41) is 5.71. The maximum atomic E-state index is 12.9. The van der Waals surface area contributed by atoms with Crippen molar-refractivity contribution in [1.82, 2.24) is 9.88 Å². The molecule has 1 amide bonds. The molecule has 7 N–H and O–H groups in total. The SMILES string of the molecule is CC(/C=C\N)=C(/N)Nc1cc[nH]c(=O)c1C(=O)Nc1ccc(N2CCN(C)CC2)cc1. The highest BCUT2D eigenvalue weighted by Crippen LogP contribution is 2.21. The number of anilines is 3. The molecular formula is C22H29N7O2. The molecule has 1 aliphatic heterocycles. The molecule has 9 heteroatoms. The van der Waals surface area contributed by atoms with Gasteiger partial charge in [0.05, 0.1) is 5.69 Å². The van der Waals surface area contributed by atoms with E-state index in [9.17, 15) is 9.59 Å². The third-order valence-corrected chi connectivity index (χ3v) is 5.22. The van der Waals surface area contributed by atoms with Crippen molar-refractivity contribution in [3.8, 4) is 0 Å². The van der Waals surface area contributed by atoms with E-state index >= 15 is 0 Å². The van der Waals surface area contributed by atoms with Crippen molar-refractivity contribution in [2.45, 2.75) is 6.92 Å². The number of benzene rings is 1. The molecule has 2 heterocycles. The Morgan fingerprint density at radius 1 is 1.10 bits per heavy atom. The fraction of sp³-hybridized carbons (Fsp3) is 0.273. The summed E-state index contributed by atoms with van der Waals surface area (Å²) in [4.78, 5) is 32.4. The summed E-state index contributed by atoms with van der Waals surface area (Å²) in [6, 6.07) is 9.19. The Kier molecular flexibility index (Phi) is 6.99. The second kappa shape index (κ2) is 9.86. The lowest BCUT2D eigenvalue weighted by Gasteiger charge is -2.34. The number of aromatic amines is 1. The standard InChI is InChI=1S/C22H29N7O2/c1-15(7-9-23)20(24)27-18-8-10-25-21(30)19(18)22(31)26-16-3-5-17(6-4-16)29-13-11-28(2)12-14-29/h3-10H,11-14,23-24H2,1-2H3,(H,26,31)(H2,25,27,30)/b9-7-,20-15+. The number of carbonyl (C=O) groups is 1. The Morgan fingerprint density at radius 2 is 1.77 bits per heavy atom. The first-order chi connectivity index (χ1) is 14.9. The second-order valence-corrected chi connectivity index (χ2v) is 7.47. The van der Waals surface area contributed by atoms with Gasteiger partial charge in [0.2, 0.25) is 0 Å². The smallest absolute Gasteiger partial charge is 0.263 e. The van der Waals surface area contributed by atoms with Crippen LogP contribution in [0.25, 0.3) is 0 Å². The van der Waals surface area contributed by atoms with Gasteiger partial charge in [0.15, 0.2) is 0 Å². The zero-order valence-corrected chi connectivity index (χ0v) is 17.8. The summed E-state index contributed by atoms with van der Waals surface area (Å²) in [6.07, 6.45) is 4.44. The average Bonchev–Trinajstić information content (AvgIpc) is 2.75. The van der Waals surface area contributed by atoms with Crippen molar-refractivity contribution >= 4 is 23.0 Å². The van der Waals surface area contributed by atoms with E-state index in [2.05, 4.69) is 32.5 Å². The van der Waals surface area contributed by atoms with Gasteiger partial charge < -0.3 is 36.9 Å². The summed E-state index contributed by atoms with van der Waals surface area (Å²) in [5.41, 5.74) is 13.5. The number of carbonyl (C=O) groups excluding carboxylic acids is 1. The zero-order valence-electron chi connectivity index (χ0n) is 17.8. The van der Waals surface area contributed by atoms with Crippen LogP contribution in [0.5, 0.6) is 0 Å². The number of amides is 1. The van der Waals surface area contributed by atoms with E-state index in [4.69, 9.17) is 11.5 Å². The summed E-state index contributed by atoms with van der Waals surface area (Å²) in [6.45, 7) is 5.72. The molecule has 0 spiro atoms. The number of H-pyrrole nitrogens is 1. The molecule has 0 unspecified atom stereocenters. The molecule has 0 saturated carbocycles. The number of hydrogen-bond donors (Lipinski definition) is 5. The Labute approximate surface area is 181 Å². The minimum atomic E-state index is -0.531. The molecule has 1 aromatic carbocycles. The van der Waals surface area contributed by atoms with Crippen LogP contribution in [0.2, 0.25) is 0 Å². The van der Waals surface area contributed by atoms with Crippen LogP contribution in [-0.2, 0) is 0 Å². The molecule has 0 radical (unpaired) electrons. The minimum absolute atomic E-state index is 0.0573. The van der Waals surface area contributed by atoms with Crippen LogP contribution in [0.1, 0.15) is 17.3 Å². The fourth-order valence-electron chi connectivity index (χ4n) is 3.30.